The molecule has 0 heterocycles. The summed E-state index contributed by atoms with van der Waals surface area (Å²) in [5.74, 6) is -0.409. The van der Waals surface area contributed by atoms with Gasteiger partial charge in [-0.2, -0.15) is 0 Å². The van der Waals surface area contributed by atoms with Crippen LogP contribution in [0.15, 0.2) is 0 Å². The smallest absolute Gasteiger partial charge is 0.326 e. The Hall–Kier alpha value is -1.11. The van der Waals surface area contributed by atoms with Gasteiger partial charge in [0.05, 0.1) is 0 Å². The van der Waals surface area contributed by atoms with E-state index in [9.17, 15) is 13.8 Å². The van der Waals surface area contributed by atoms with Crippen LogP contribution in [-0.2, 0) is 15.6 Å². The monoisotopic (exact) mass is 276 g/mol. The Morgan fingerprint density at radius 3 is 2.44 bits per heavy atom. The van der Waals surface area contributed by atoms with E-state index in [2.05, 4.69) is 10.6 Å². The second-order valence-electron chi connectivity index (χ2n) is 4.74. The summed E-state index contributed by atoms with van der Waals surface area (Å²) in [5.41, 5.74) is 0. The Kier molecular flexibility index (Phi) is 5.58. The molecule has 1 rings (SSSR count). The van der Waals surface area contributed by atoms with Gasteiger partial charge in [0, 0.05) is 28.9 Å². The number of rotatable bonds is 7. The number of carboxylic acid groups (broad SMARTS) is 1. The molecule has 1 aliphatic carbocycles. The molecule has 18 heavy (non-hydrogen) atoms. The first-order valence-corrected chi connectivity index (χ1v) is 7.72. The summed E-state index contributed by atoms with van der Waals surface area (Å²) in [6, 6.07) is -1.39. The van der Waals surface area contributed by atoms with Crippen LogP contribution in [0.2, 0.25) is 0 Å². The molecule has 6 nitrogen and oxygen atoms in total. The number of carboxylic acids is 1. The van der Waals surface area contributed by atoms with Crippen LogP contribution in [0.3, 0.4) is 0 Å². The minimum absolute atomic E-state index is 0.0618. The molecule has 1 fully saturated rings. The van der Waals surface area contributed by atoms with E-state index >= 15 is 0 Å². The van der Waals surface area contributed by atoms with Gasteiger partial charge in [-0.25, -0.2) is 9.59 Å². The molecule has 0 aromatic carbocycles. The normalized spacial score (nSPS) is 19.7. The van der Waals surface area contributed by atoms with Crippen molar-refractivity contribution in [1.29, 1.82) is 0 Å². The van der Waals surface area contributed by atoms with Crippen LogP contribution in [0.5, 0.6) is 0 Å². The molecule has 3 N–H and O–H groups in total. The van der Waals surface area contributed by atoms with Gasteiger partial charge in [-0.1, -0.05) is 0 Å². The van der Waals surface area contributed by atoms with E-state index in [4.69, 9.17) is 5.11 Å². The molecule has 0 saturated heterocycles. The third-order valence-corrected chi connectivity index (χ3v) is 3.67. The van der Waals surface area contributed by atoms with Crippen molar-refractivity contribution in [2.45, 2.75) is 38.3 Å². The number of carbonyl (C=O) groups is 2. The second-order valence-corrected chi connectivity index (χ2v) is 6.29. The van der Waals surface area contributed by atoms with E-state index in [1.54, 1.807) is 13.2 Å². The molecular weight excluding hydrogens is 256 g/mol. The van der Waals surface area contributed by atoms with Crippen LogP contribution >= 0.6 is 0 Å². The van der Waals surface area contributed by atoms with Crippen LogP contribution in [-0.4, -0.2) is 45.4 Å². The van der Waals surface area contributed by atoms with E-state index in [1.807, 2.05) is 0 Å². The van der Waals surface area contributed by atoms with E-state index in [0.717, 1.165) is 12.8 Å². The van der Waals surface area contributed by atoms with Gasteiger partial charge in [0.25, 0.3) is 0 Å². The van der Waals surface area contributed by atoms with Gasteiger partial charge in [0.2, 0.25) is 0 Å². The third-order valence-electron chi connectivity index (χ3n) is 2.86. The Labute approximate surface area is 109 Å². The van der Waals surface area contributed by atoms with Gasteiger partial charge in [-0.15, -0.1) is 0 Å². The lowest BCUT2D eigenvalue weighted by molar-refractivity contribution is -0.139. The summed E-state index contributed by atoms with van der Waals surface area (Å²) in [4.78, 5) is 22.5. The molecule has 2 amide bonds. The highest BCUT2D eigenvalue weighted by molar-refractivity contribution is 7.84. The zero-order valence-corrected chi connectivity index (χ0v) is 11.5. The molecule has 3 atom stereocenters. The second kappa shape index (κ2) is 6.72. The summed E-state index contributed by atoms with van der Waals surface area (Å²) in [7, 11) is -0.882. The quantitative estimate of drug-likeness (QED) is 0.623. The highest BCUT2D eigenvalue weighted by atomic mass is 32.2. The molecule has 1 aliphatic rings. The number of amides is 2. The van der Waals surface area contributed by atoms with Crippen molar-refractivity contribution < 1.29 is 18.9 Å². The summed E-state index contributed by atoms with van der Waals surface area (Å²) in [6.07, 6.45) is 3.92. The fourth-order valence-corrected chi connectivity index (χ4v) is 2.32. The molecule has 0 bridgehead atoms. The van der Waals surface area contributed by atoms with Crippen LogP contribution in [0, 0.1) is 5.92 Å². The lowest BCUT2D eigenvalue weighted by Gasteiger charge is -2.17. The van der Waals surface area contributed by atoms with E-state index < -0.39 is 28.8 Å². The largest absolute Gasteiger partial charge is 0.480 e. The molecule has 1 saturated carbocycles. The molecule has 104 valence electrons. The first-order chi connectivity index (χ1) is 8.40. The molecule has 0 aliphatic heterocycles. The average molecular weight is 276 g/mol. The highest BCUT2D eigenvalue weighted by Gasteiger charge is 2.37. The van der Waals surface area contributed by atoms with Crippen LogP contribution in [0.1, 0.15) is 26.2 Å². The van der Waals surface area contributed by atoms with Crippen LogP contribution < -0.4 is 10.6 Å². The zero-order chi connectivity index (χ0) is 13.7. The van der Waals surface area contributed by atoms with Gasteiger partial charge >= 0.3 is 12.0 Å². The maximum atomic E-state index is 11.6. The molecular formula is C11H20N2O4S. The van der Waals surface area contributed by atoms with Crippen molar-refractivity contribution in [3.8, 4) is 0 Å². The van der Waals surface area contributed by atoms with E-state index in [1.165, 1.54) is 0 Å². The summed E-state index contributed by atoms with van der Waals surface area (Å²) in [5, 5.41) is 14.1. The Morgan fingerprint density at radius 1 is 1.39 bits per heavy atom. The van der Waals surface area contributed by atoms with Gasteiger partial charge < -0.3 is 15.7 Å². The first kappa shape index (κ1) is 14.9. The van der Waals surface area contributed by atoms with Crippen LogP contribution in [0.25, 0.3) is 0 Å². The van der Waals surface area contributed by atoms with Crippen molar-refractivity contribution in [1.82, 2.24) is 10.6 Å². The number of carbonyl (C=O) groups excluding carboxylic acids is 1. The molecule has 7 heteroatoms. The van der Waals surface area contributed by atoms with Crippen LogP contribution in [0.4, 0.5) is 4.79 Å². The number of hydrogen-bond acceptors (Lipinski definition) is 3. The Morgan fingerprint density at radius 2 is 2.00 bits per heavy atom. The van der Waals surface area contributed by atoms with Gasteiger partial charge in [0.1, 0.15) is 6.04 Å². The maximum Gasteiger partial charge on any atom is 0.326 e. The third kappa shape index (κ3) is 5.48. The molecule has 0 aromatic rings. The molecule has 0 aromatic heterocycles. The fourth-order valence-electron chi connectivity index (χ4n) is 1.63. The first-order valence-electron chi connectivity index (χ1n) is 6.00. The molecule has 0 spiro atoms. The van der Waals surface area contributed by atoms with Gasteiger partial charge in [-0.05, 0) is 32.1 Å². The van der Waals surface area contributed by atoms with Gasteiger partial charge in [-0.3, -0.25) is 4.21 Å². The maximum absolute atomic E-state index is 11.6. The Bertz CT molecular complexity index is 344. The number of hydrogen-bond donors (Lipinski definition) is 3. The zero-order valence-electron chi connectivity index (χ0n) is 10.6. The van der Waals surface area contributed by atoms with Gasteiger partial charge in [0.15, 0.2) is 0 Å². The predicted octanol–water partition coefficient (Wildman–Crippen LogP) is 0.306. The van der Waals surface area contributed by atoms with Crippen molar-refractivity contribution in [2.75, 3.05) is 12.0 Å². The minimum atomic E-state index is -0.991. The Balaban J connectivity index is 2.31. The van der Waals surface area contributed by atoms with Crippen molar-refractivity contribution in [3.05, 3.63) is 0 Å². The number of urea groups is 1. The lowest BCUT2D eigenvalue weighted by atomic mass is 10.2. The standard InChI is InChI=1S/C11H20N2O4S/c1-7(5-6-18(2)17)12-11(16)13-9(10(14)15)8-3-4-8/h7-9H,3-6H2,1-2H3,(H,14,15)(H2,12,13,16). The van der Waals surface area contributed by atoms with E-state index in [0.29, 0.717) is 12.2 Å². The van der Waals surface area contributed by atoms with Crippen molar-refractivity contribution in [2.24, 2.45) is 5.92 Å². The average Bonchev–Trinajstić information content (AvgIpc) is 3.06. The molecule has 3 unspecified atom stereocenters. The molecule has 0 radical (unpaired) electrons. The minimum Gasteiger partial charge on any atom is -0.480 e. The number of aliphatic carboxylic acids is 1. The summed E-state index contributed by atoms with van der Waals surface area (Å²) >= 11 is 0. The lowest BCUT2D eigenvalue weighted by Crippen LogP contribution is -2.49. The number of nitrogens with one attached hydrogen (secondary N) is 2. The van der Waals surface area contributed by atoms with E-state index in [-0.39, 0.29) is 12.0 Å². The summed E-state index contributed by atoms with van der Waals surface area (Å²) in [6.45, 7) is 1.80. The van der Waals surface area contributed by atoms with Crippen molar-refractivity contribution >= 4 is 22.8 Å². The summed E-state index contributed by atoms with van der Waals surface area (Å²) < 4.78 is 10.9. The predicted molar refractivity (Wildman–Crippen MR) is 68.8 cm³/mol. The van der Waals surface area contributed by atoms with Crippen molar-refractivity contribution in [3.63, 3.8) is 0 Å². The topological polar surface area (TPSA) is 95.5 Å². The SMILES string of the molecule is CC(CCS(C)=O)NC(=O)NC(C(=O)O)C1CC1. The fraction of sp³-hybridized carbons (Fsp3) is 0.818. The highest BCUT2D eigenvalue weighted by Crippen LogP contribution is 2.32.